The molecule has 0 nitrogen and oxygen atoms in total. The molecule has 0 fully saturated rings. The van der Waals surface area contributed by atoms with Crippen molar-refractivity contribution in [2.45, 2.75) is 38.0 Å². The molecule has 0 aliphatic rings. The highest BCUT2D eigenvalue weighted by molar-refractivity contribution is 9.09. The monoisotopic (exact) mass is 300 g/mol. The second-order valence-corrected chi connectivity index (χ2v) is 6.20. The quantitative estimate of drug-likeness (QED) is 0.506. The molecule has 0 aliphatic carbocycles. The minimum absolute atomic E-state index is 0.630. The summed E-state index contributed by atoms with van der Waals surface area (Å²) in [6.45, 7) is 6.73. The van der Waals surface area contributed by atoms with Crippen molar-refractivity contribution < 1.29 is 0 Å². The summed E-state index contributed by atoms with van der Waals surface area (Å²) in [6, 6.07) is 9.01. The largest absolute Gasteiger partial charge is 0.126 e. The van der Waals surface area contributed by atoms with Crippen LogP contribution >= 0.6 is 27.7 Å². The molecule has 1 aromatic rings. The van der Waals surface area contributed by atoms with E-state index in [4.69, 9.17) is 0 Å². The summed E-state index contributed by atoms with van der Waals surface area (Å²) in [5.41, 5.74) is 1.43. The van der Waals surface area contributed by atoms with Crippen molar-refractivity contribution in [1.82, 2.24) is 0 Å². The molecule has 1 aromatic carbocycles. The summed E-state index contributed by atoms with van der Waals surface area (Å²) in [6.07, 6.45) is 1.25. The van der Waals surface area contributed by atoms with Crippen molar-refractivity contribution in [3.05, 3.63) is 29.8 Å². The molecule has 1 atom stereocenters. The first-order chi connectivity index (χ1) is 7.67. The Balaban J connectivity index is 2.49. The topological polar surface area (TPSA) is 0 Å². The maximum atomic E-state index is 3.57. The zero-order valence-corrected chi connectivity index (χ0v) is 12.8. The molecule has 0 saturated heterocycles. The third-order valence-electron chi connectivity index (χ3n) is 2.83. The summed E-state index contributed by atoms with van der Waals surface area (Å²) < 4.78 is 0. The third-order valence-corrected chi connectivity index (χ3v) is 4.99. The van der Waals surface area contributed by atoms with Gasteiger partial charge in [-0.25, -0.2) is 0 Å². The van der Waals surface area contributed by atoms with Crippen LogP contribution in [0.2, 0.25) is 0 Å². The molecular weight excluding hydrogens is 280 g/mol. The molecule has 90 valence electrons. The van der Waals surface area contributed by atoms with E-state index in [9.17, 15) is 0 Å². The van der Waals surface area contributed by atoms with Gasteiger partial charge in [0, 0.05) is 16.0 Å². The van der Waals surface area contributed by atoms with Crippen LogP contribution < -0.4 is 0 Å². The van der Waals surface area contributed by atoms with Crippen LogP contribution in [-0.4, -0.2) is 11.1 Å². The molecule has 0 amide bonds. The van der Waals surface area contributed by atoms with E-state index in [0.29, 0.717) is 5.92 Å². The molecule has 0 N–H and O–H groups in total. The predicted molar refractivity (Wildman–Crippen MR) is 78.8 cm³/mol. The van der Waals surface area contributed by atoms with E-state index in [1.807, 2.05) is 11.8 Å². The van der Waals surface area contributed by atoms with Crippen molar-refractivity contribution in [2.75, 3.05) is 11.1 Å². The van der Waals surface area contributed by atoms with E-state index in [-0.39, 0.29) is 0 Å². The van der Waals surface area contributed by atoms with Crippen LogP contribution in [0.3, 0.4) is 0 Å². The van der Waals surface area contributed by atoms with Crippen LogP contribution in [0.4, 0.5) is 0 Å². The lowest BCUT2D eigenvalue weighted by Crippen LogP contribution is -2.02. The molecule has 2 heteroatoms. The van der Waals surface area contributed by atoms with Crippen LogP contribution in [0.5, 0.6) is 0 Å². The summed E-state index contributed by atoms with van der Waals surface area (Å²) in [7, 11) is 0. The maximum absolute atomic E-state index is 3.57. The summed E-state index contributed by atoms with van der Waals surface area (Å²) in [4.78, 5) is 1.39. The second-order valence-electron chi connectivity index (χ2n) is 4.46. The van der Waals surface area contributed by atoms with E-state index >= 15 is 0 Å². The van der Waals surface area contributed by atoms with Gasteiger partial charge in [-0.15, -0.1) is 11.8 Å². The molecular formula is C14H21BrS. The maximum Gasteiger partial charge on any atom is 0.00722 e. The van der Waals surface area contributed by atoms with E-state index in [2.05, 4.69) is 61.0 Å². The number of hydrogen-bond acceptors (Lipinski definition) is 1. The van der Waals surface area contributed by atoms with Crippen LogP contribution in [0, 0.1) is 5.92 Å². The normalized spacial score (nSPS) is 13.1. The van der Waals surface area contributed by atoms with Crippen LogP contribution in [0.15, 0.2) is 29.2 Å². The van der Waals surface area contributed by atoms with E-state index in [1.165, 1.54) is 22.6 Å². The van der Waals surface area contributed by atoms with Crippen molar-refractivity contribution in [3.8, 4) is 0 Å². The van der Waals surface area contributed by atoms with Gasteiger partial charge in [0.1, 0.15) is 0 Å². The van der Waals surface area contributed by atoms with Crippen molar-refractivity contribution in [3.63, 3.8) is 0 Å². The Bertz CT molecular complexity index is 288. The second kappa shape index (κ2) is 7.39. The zero-order valence-electron chi connectivity index (χ0n) is 10.4. The Hall–Kier alpha value is 0.0500. The lowest BCUT2D eigenvalue weighted by molar-refractivity contribution is 0.652. The average molecular weight is 301 g/mol. The number of benzene rings is 1. The minimum Gasteiger partial charge on any atom is -0.126 e. The highest BCUT2D eigenvalue weighted by Crippen LogP contribution is 2.25. The van der Waals surface area contributed by atoms with Gasteiger partial charge < -0.3 is 0 Å². The number of rotatable bonds is 6. The van der Waals surface area contributed by atoms with Crippen molar-refractivity contribution in [2.24, 2.45) is 5.92 Å². The van der Waals surface area contributed by atoms with Gasteiger partial charge in [-0.05, 0) is 29.5 Å². The third kappa shape index (κ3) is 4.50. The molecule has 0 heterocycles. The first kappa shape index (κ1) is 14.1. The lowest BCUT2D eigenvalue weighted by Gasteiger charge is -2.11. The first-order valence-corrected chi connectivity index (χ1v) is 8.06. The SMILES string of the molecule is CCC(CBr)CSc1ccc(C(C)C)cc1. The van der Waals surface area contributed by atoms with Crippen LogP contribution in [-0.2, 0) is 0 Å². The first-order valence-electron chi connectivity index (χ1n) is 5.96. The summed E-state index contributed by atoms with van der Waals surface area (Å²) >= 11 is 5.54. The molecule has 1 unspecified atom stereocenters. The van der Waals surface area contributed by atoms with Gasteiger partial charge in [0.2, 0.25) is 0 Å². The highest BCUT2D eigenvalue weighted by Gasteiger charge is 2.05. The Kier molecular flexibility index (Phi) is 6.52. The van der Waals surface area contributed by atoms with E-state index < -0.39 is 0 Å². The van der Waals surface area contributed by atoms with Crippen LogP contribution in [0.25, 0.3) is 0 Å². The Morgan fingerprint density at radius 3 is 2.25 bits per heavy atom. The van der Waals surface area contributed by atoms with Gasteiger partial charge in [-0.1, -0.05) is 55.3 Å². The fraction of sp³-hybridized carbons (Fsp3) is 0.571. The fourth-order valence-corrected chi connectivity index (χ4v) is 3.53. The highest BCUT2D eigenvalue weighted by atomic mass is 79.9. The number of hydrogen-bond donors (Lipinski definition) is 0. The molecule has 0 radical (unpaired) electrons. The molecule has 1 rings (SSSR count). The molecule has 16 heavy (non-hydrogen) atoms. The molecule has 0 aliphatic heterocycles. The van der Waals surface area contributed by atoms with Crippen LogP contribution in [0.1, 0.15) is 38.7 Å². The molecule has 0 spiro atoms. The average Bonchev–Trinajstić information content (AvgIpc) is 2.31. The number of thioether (sulfide) groups is 1. The van der Waals surface area contributed by atoms with Gasteiger partial charge in [0.15, 0.2) is 0 Å². The molecule has 0 aromatic heterocycles. The van der Waals surface area contributed by atoms with Gasteiger partial charge in [-0.2, -0.15) is 0 Å². The predicted octanol–water partition coefficient (Wildman–Crippen LogP) is 5.32. The van der Waals surface area contributed by atoms with Crippen molar-refractivity contribution in [1.29, 1.82) is 0 Å². The van der Waals surface area contributed by atoms with Gasteiger partial charge in [0.25, 0.3) is 0 Å². The van der Waals surface area contributed by atoms with Gasteiger partial charge in [-0.3, -0.25) is 0 Å². The van der Waals surface area contributed by atoms with E-state index in [1.54, 1.807) is 0 Å². The Labute approximate surface area is 112 Å². The molecule has 0 saturated carbocycles. The van der Waals surface area contributed by atoms with Gasteiger partial charge in [0.05, 0.1) is 0 Å². The summed E-state index contributed by atoms with van der Waals surface area (Å²) in [5, 5.41) is 1.11. The molecule has 0 bridgehead atoms. The summed E-state index contributed by atoms with van der Waals surface area (Å²) in [5.74, 6) is 2.63. The number of alkyl halides is 1. The van der Waals surface area contributed by atoms with E-state index in [0.717, 1.165) is 11.2 Å². The standard InChI is InChI=1S/C14H21BrS/c1-4-12(9-15)10-16-14-7-5-13(6-8-14)11(2)3/h5-8,11-12H,4,9-10H2,1-3H3. The minimum atomic E-state index is 0.630. The smallest absolute Gasteiger partial charge is 0.00722 e. The fourth-order valence-electron chi connectivity index (χ4n) is 1.43. The number of halogens is 1. The van der Waals surface area contributed by atoms with Crippen molar-refractivity contribution >= 4 is 27.7 Å². The van der Waals surface area contributed by atoms with Gasteiger partial charge >= 0.3 is 0 Å². The Morgan fingerprint density at radius 1 is 1.19 bits per heavy atom. The zero-order chi connectivity index (χ0) is 12.0. The lowest BCUT2D eigenvalue weighted by atomic mass is 10.0. The Morgan fingerprint density at radius 2 is 1.81 bits per heavy atom.